The summed E-state index contributed by atoms with van der Waals surface area (Å²) >= 11 is 11.8. The minimum Gasteiger partial charge on any atom is -0.311 e. The molecular formula is C12H16Cl2N2O3S. The van der Waals surface area contributed by atoms with Gasteiger partial charge in [0.05, 0.1) is 5.75 Å². The Hall–Kier alpha value is -0.820. The molecule has 0 aromatic heterocycles. The van der Waals surface area contributed by atoms with E-state index in [9.17, 15) is 13.2 Å². The molecule has 0 aliphatic carbocycles. The van der Waals surface area contributed by atoms with Crippen molar-refractivity contribution in [3.63, 3.8) is 0 Å². The molecule has 1 aromatic rings. The second-order valence-corrected chi connectivity index (χ2v) is 7.06. The van der Waals surface area contributed by atoms with Gasteiger partial charge in [0.1, 0.15) is 0 Å². The van der Waals surface area contributed by atoms with E-state index in [1.807, 2.05) is 0 Å². The second kappa shape index (κ2) is 7.26. The smallest absolute Gasteiger partial charge is 0.223 e. The molecule has 5 nitrogen and oxygen atoms in total. The Balaban J connectivity index is 2.82. The van der Waals surface area contributed by atoms with Gasteiger partial charge in [-0.25, -0.2) is 13.1 Å². The van der Waals surface area contributed by atoms with Gasteiger partial charge in [0, 0.05) is 35.7 Å². The van der Waals surface area contributed by atoms with Crippen molar-refractivity contribution >= 4 is 44.8 Å². The van der Waals surface area contributed by atoms with Gasteiger partial charge in [0.2, 0.25) is 15.9 Å². The molecule has 0 radical (unpaired) electrons. The van der Waals surface area contributed by atoms with Gasteiger partial charge in [-0.3, -0.25) is 4.79 Å². The Morgan fingerprint density at radius 1 is 1.25 bits per heavy atom. The summed E-state index contributed by atoms with van der Waals surface area (Å²) in [6.45, 7) is 3.26. The summed E-state index contributed by atoms with van der Waals surface area (Å²) in [5.41, 5.74) is 0.533. The summed E-state index contributed by atoms with van der Waals surface area (Å²) in [5, 5.41) is 0.820. The molecule has 1 amide bonds. The van der Waals surface area contributed by atoms with Crippen molar-refractivity contribution in [2.75, 3.05) is 23.7 Å². The topological polar surface area (TPSA) is 66.5 Å². The number of hydrogen-bond donors (Lipinski definition) is 1. The molecule has 0 unspecified atom stereocenters. The molecule has 1 aromatic carbocycles. The first-order valence-electron chi connectivity index (χ1n) is 5.96. The van der Waals surface area contributed by atoms with Crippen LogP contribution in [0.15, 0.2) is 18.2 Å². The molecule has 0 heterocycles. The van der Waals surface area contributed by atoms with E-state index in [-0.39, 0.29) is 24.7 Å². The monoisotopic (exact) mass is 338 g/mol. The maximum Gasteiger partial charge on any atom is 0.223 e. The highest BCUT2D eigenvalue weighted by Crippen LogP contribution is 2.25. The zero-order valence-electron chi connectivity index (χ0n) is 11.2. The lowest BCUT2D eigenvalue weighted by molar-refractivity contribution is -0.116. The van der Waals surface area contributed by atoms with Gasteiger partial charge in [-0.2, -0.15) is 0 Å². The summed E-state index contributed by atoms with van der Waals surface area (Å²) in [5.74, 6) is -0.227. The third kappa shape index (κ3) is 5.28. The van der Waals surface area contributed by atoms with E-state index >= 15 is 0 Å². The summed E-state index contributed by atoms with van der Waals surface area (Å²) in [7, 11) is -3.28. The van der Waals surface area contributed by atoms with E-state index in [1.54, 1.807) is 25.1 Å². The maximum atomic E-state index is 11.7. The van der Waals surface area contributed by atoms with Crippen molar-refractivity contribution in [3.05, 3.63) is 28.2 Å². The fraction of sp³-hybridized carbons (Fsp3) is 0.417. The van der Waals surface area contributed by atoms with E-state index in [1.165, 1.54) is 11.8 Å². The molecule has 0 fully saturated rings. The Morgan fingerprint density at radius 2 is 1.80 bits per heavy atom. The number of carbonyl (C=O) groups excluding carboxylic acids is 1. The molecule has 0 saturated heterocycles. The number of sulfonamides is 1. The Kier molecular flexibility index (Phi) is 6.26. The SMILES string of the molecule is CCS(=O)(=O)NCCN(C(C)=O)c1cc(Cl)cc(Cl)c1. The van der Waals surface area contributed by atoms with Crippen LogP contribution in [0.3, 0.4) is 0 Å². The quantitative estimate of drug-likeness (QED) is 0.865. The fourth-order valence-electron chi connectivity index (χ4n) is 1.58. The molecule has 0 atom stereocenters. The van der Waals surface area contributed by atoms with E-state index in [0.717, 1.165) is 0 Å². The van der Waals surface area contributed by atoms with Crippen LogP contribution in [0.2, 0.25) is 10.0 Å². The molecule has 1 rings (SSSR count). The lowest BCUT2D eigenvalue weighted by Crippen LogP contribution is -2.38. The summed E-state index contributed by atoms with van der Waals surface area (Å²) in [6, 6.07) is 4.76. The number of rotatable bonds is 6. The van der Waals surface area contributed by atoms with Crippen molar-refractivity contribution < 1.29 is 13.2 Å². The zero-order chi connectivity index (χ0) is 15.3. The number of nitrogens with one attached hydrogen (secondary N) is 1. The molecule has 112 valence electrons. The van der Waals surface area contributed by atoms with Gasteiger partial charge in [-0.1, -0.05) is 23.2 Å². The van der Waals surface area contributed by atoms with Crippen molar-refractivity contribution in [2.24, 2.45) is 0 Å². The normalized spacial score (nSPS) is 11.4. The predicted octanol–water partition coefficient (Wildman–Crippen LogP) is 2.29. The number of carbonyl (C=O) groups is 1. The Labute approximate surface area is 128 Å². The molecule has 0 aliphatic rings. The van der Waals surface area contributed by atoms with Crippen LogP contribution in [0.25, 0.3) is 0 Å². The van der Waals surface area contributed by atoms with Gasteiger partial charge in [-0.05, 0) is 25.1 Å². The fourth-order valence-corrected chi connectivity index (χ4v) is 2.70. The molecule has 20 heavy (non-hydrogen) atoms. The molecule has 0 aliphatic heterocycles. The van der Waals surface area contributed by atoms with Gasteiger partial charge in [0.25, 0.3) is 0 Å². The zero-order valence-corrected chi connectivity index (χ0v) is 13.5. The van der Waals surface area contributed by atoms with Crippen molar-refractivity contribution in [1.29, 1.82) is 0 Å². The molecule has 8 heteroatoms. The summed E-state index contributed by atoms with van der Waals surface area (Å²) < 4.78 is 25.1. The van der Waals surface area contributed by atoms with Crippen LogP contribution in [0.1, 0.15) is 13.8 Å². The standard InChI is InChI=1S/C12H16Cl2N2O3S/c1-3-20(18,19)15-4-5-16(9(2)17)12-7-10(13)6-11(14)8-12/h6-8,15H,3-5H2,1-2H3. The van der Waals surface area contributed by atoms with Crippen LogP contribution in [-0.2, 0) is 14.8 Å². The summed E-state index contributed by atoms with van der Waals surface area (Å²) in [6.07, 6.45) is 0. The number of amides is 1. The Morgan fingerprint density at radius 3 is 2.25 bits per heavy atom. The van der Waals surface area contributed by atoms with E-state index < -0.39 is 10.0 Å². The van der Waals surface area contributed by atoms with Crippen LogP contribution < -0.4 is 9.62 Å². The lowest BCUT2D eigenvalue weighted by atomic mass is 10.3. The van der Waals surface area contributed by atoms with Crippen LogP contribution in [-0.4, -0.2) is 33.2 Å². The number of benzene rings is 1. The van der Waals surface area contributed by atoms with Crippen LogP contribution in [0, 0.1) is 0 Å². The first kappa shape index (κ1) is 17.2. The molecule has 0 saturated carbocycles. The van der Waals surface area contributed by atoms with E-state index in [4.69, 9.17) is 23.2 Å². The third-order valence-corrected chi connectivity index (χ3v) is 4.42. The summed E-state index contributed by atoms with van der Waals surface area (Å²) in [4.78, 5) is 13.1. The van der Waals surface area contributed by atoms with Crippen LogP contribution >= 0.6 is 23.2 Å². The first-order valence-corrected chi connectivity index (χ1v) is 8.37. The lowest BCUT2D eigenvalue weighted by Gasteiger charge is -2.21. The van der Waals surface area contributed by atoms with Crippen molar-refractivity contribution in [3.8, 4) is 0 Å². The number of anilines is 1. The van der Waals surface area contributed by atoms with Crippen LogP contribution in [0.4, 0.5) is 5.69 Å². The average Bonchev–Trinajstić information content (AvgIpc) is 2.33. The number of hydrogen-bond acceptors (Lipinski definition) is 3. The minimum absolute atomic E-state index is 0.00390. The predicted molar refractivity (Wildman–Crippen MR) is 82.0 cm³/mol. The largest absolute Gasteiger partial charge is 0.311 e. The third-order valence-electron chi connectivity index (χ3n) is 2.58. The highest BCUT2D eigenvalue weighted by molar-refractivity contribution is 7.89. The van der Waals surface area contributed by atoms with E-state index in [2.05, 4.69) is 4.72 Å². The number of nitrogens with zero attached hydrogens (tertiary/aromatic N) is 1. The van der Waals surface area contributed by atoms with Crippen molar-refractivity contribution in [1.82, 2.24) is 4.72 Å². The molecule has 0 spiro atoms. The maximum absolute atomic E-state index is 11.7. The second-order valence-electron chi connectivity index (χ2n) is 4.10. The van der Waals surface area contributed by atoms with Crippen LogP contribution in [0.5, 0.6) is 0 Å². The van der Waals surface area contributed by atoms with Gasteiger partial charge >= 0.3 is 0 Å². The van der Waals surface area contributed by atoms with Gasteiger partial charge < -0.3 is 4.90 Å². The Bertz CT molecular complexity index is 570. The van der Waals surface area contributed by atoms with Crippen molar-refractivity contribution in [2.45, 2.75) is 13.8 Å². The first-order chi connectivity index (χ1) is 9.25. The van der Waals surface area contributed by atoms with E-state index in [0.29, 0.717) is 15.7 Å². The highest BCUT2D eigenvalue weighted by Gasteiger charge is 2.14. The molecule has 0 bridgehead atoms. The molecule has 1 N–H and O–H groups in total. The molecular weight excluding hydrogens is 323 g/mol. The average molecular weight is 339 g/mol. The minimum atomic E-state index is -3.28. The van der Waals surface area contributed by atoms with Gasteiger partial charge in [0.15, 0.2) is 0 Å². The number of halogens is 2. The van der Waals surface area contributed by atoms with Gasteiger partial charge in [-0.15, -0.1) is 0 Å². The highest BCUT2D eigenvalue weighted by atomic mass is 35.5.